The van der Waals surface area contributed by atoms with Gasteiger partial charge in [-0.05, 0) is 23.8 Å². The lowest BCUT2D eigenvalue weighted by molar-refractivity contribution is 0.752. The fraction of sp³-hybridized carbons (Fsp3) is 0.333. The lowest BCUT2D eigenvalue weighted by Crippen LogP contribution is -2.15. The number of fused-ring (bicyclic) bond motifs is 1. The molecule has 0 saturated carbocycles. The Bertz CT molecular complexity index is 359. The molecular formula is C12H14BrN. The second kappa shape index (κ2) is 3.77. The molecule has 0 aromatic heterocycles. The van der Waals surface area contributed by atoms with E-state index in [1.807, 2.05) is 6.20 Å². The molecule has 1 atom stereocenters. The van der Waals surface area contributed by atoms with Crippen molar-refractivity contribution in [2.24, 2.45) is 11.8 Å². The summed E-state index contributed by atoms with van der Waals surface area (Å²) >= 11 is 3.60. The van der Waals surface area contributed by atoms with Gasteiger partial charge in [0, 0.05) is 16.1 Å². The van der Waals surface area contributed by atoms with E-state index in [-0.39, 0.29) is 0 Å². The van der Waals surface area contributed by atoms with Gasteiger partial charge in [0.05, 0.1) is 0 Å². The average Bonchev–Trinajstić information content (AvgIpc) is 2.26. The van der Waals surface area contributed by atoms with Gasteiger partial charge in [-0.15, -0.1) is 0 Å². The molecule has 0 fully saturated rings. The second-order valence-electron chi connectivity index (χ2n) is 3.94. The molecule has 1 N–H and O–H groups in total. The highest BCUT2D eigenvalue weighted by Crippen LogP contribution is 2.31. The molecule has 1 heterocycles. The van der Waals surface area contributed by atoms with Gasteiger partial charge in [-0.25, -0.2) is 0 Å². The standard InChI is InChI=1S/C12H14BrN/c1-8(2)10-3-4-11(13)9-5-6-14-12(10)7-9/h3-9,14H,1-2H3. The Morgan fingerprint density at radius 1 is 1.36 bits per heavy atom. The number of rotatable bonds is 1. The van der Waals surface area contributed by atoms with Crippen molar-refractivity contribution >= 4 is 15.9 Å². The summed E-state index contributed by atoms with van der Waals surface area (Å²) < 4.78 is 1.23. The van der Waals surface area contributed by atoms with Crippen LogP contribution in [0, 0.1) is 11.8 Å². The molecule has 1 unspecified atom stereocenters. The maximum Gasteiger partial charge on any atom is 0.0383 e. The maximum atomic E-state index is 3.60. The van der Waals surface area contributed by atoms with E-state index in [0.717, 1.165) is 0 Å². The molecule has 0 saturated heterocycles. The minimum Gasteiger partial charge on any atom is -0.362 e. The van der Waals surface area contributed by atoms with Crippen molar-refractivity contribution in [2.45, 2.75) is 13.8 Å². The number of nitrogens with one attached hydrogen (secondary N) is 1. The highest BCUT2D eigenvalue weighted by atomic mass is 79.9. The van der Waals surface area contributed by atoms with Gasteiger partial charge >= 0.3 is 0 Å². The van der Waals surface area contributed by atoms with Gasteiger partial charge in [0.15, 0.2) is 0 Å². The number of dihydropyridines is 1. The minimum absolute atomic E-state index is 0.402. The van der Waals surface area contributed by atoms with E-state index in [2.05, 4.69) is 59.4 Å². The molecule has 0 radical (unpaired) electrons. The first-order valence-corrected chi connectivity index (χ1v) is 5.70. The molecule has 0 aromatic carbocycles. The first-order valence-electron chi connectivity index (χ1n) is 4.91. The summed E-state index contributed by atoms with van der Waals surface area (Å²) in [6.07, 6.45) is 10.8. The summed E-state index contributed by atoms with van der Waals surface area (Å²) in [6.45, 7) is 4.43. The van der Waals surface area contributed by atoms with Crippen molar-refractivity contribution in [3.8, 4) is 0 Å². The highest BCUT2D eigenvalue weighted by Gasteiger charge is 2.17. The third-order valence-electron chi connectivity index (χ3n) is 2.56. The van der Waals surface area contributed by atoms with Crippen LogP contribution in [-0.2, 0) is 0 Å². The van der Waals surface area contributed by atoms with E-state index >= 15 is 0 Å². The Kier molecular flexibility index (Phi) is 2.64. The molecule has 2 bridgehead atoms. The second-order valence-corrected chi connectivity index (χ2v) is 4.85. The summed E-state index contributed by atoms with van der Waals surface area (Å²) in [7, 11) is 0. The van der Waals surface area contributed by atoms with Crippen LogP contribution in [-0.4, -0.2) is 0 Å². The largest absolute Gasteiger partial charge is 0.362 e. The average molecular weight is 252 g/mol. The SMILES string of the molecule is CC(C)C1=CC=C(Br)C2C=CNC1=C2. The van der Waals surface area contributed by atoms with E-state index in [1.54, 1.807) is 0 Å². The van der Waals surface area contributed by atoms with Crippen molar-refractivity contribution in [3.63, 3.8) is 0 Å². The zero-order chi connectivity index (χ0) is 10.1. The Labute approximate surface area is 93.4 Å². The molecule has 2 aliphatic rings. The van der Waals surface area contributed by atoms with Crippen molar-refractivity contribution in [1.29, 1.82) is 0 Å². The van der Waals surface area contributed by atoms with Gasteiger partial charge in [0.2, 0.25) is 0 Å². The molecule has 2 rings (SSSR count). The maximum absolute atomic E-state index is 3.60. The smallest absolute Gasteiger partial charge is 0.0383 e. The first kappa shape index (κ1) is 9.78. The molecule has 0 spiro atoms. The zero-order valence-corrected chi connectivity index (χ0v) is 10.0. The summed E-state index contributed by atoms with van der Waals surface area (Å²) in [5, 5.41) is 3.30. The molecule has 2 heteroatoms. The summed E-state index contributed by atoms with van der Waals surface area (Å²) in [5.74, 6) is 0.953. The van der Waals surface area contributed by atoms with E-state index < -0.39 is 0 Å². The lowest BCUT2D eigenvalue weighted by atomic mass is 9.97. The Balaban J connectivity index is 2.41. The van der Waals surface area contributed by atoms with Gasteiger partial charge < -0.3 is 5.32 Å². The molecule has 0 aromatic rings. The van der Waals surface area contributed by atoms with Crippen molar-refractivity contribution in [1.82, 2.24) is 5.32 Å². The summed E-state index contributed by atoms with van der Waals surface area (Å²) in [4.78, 5) is 0. The van der Waals surface area contributed by atoms with Crippen LogP contribution in [0.15, 0.2) is 46.3 Å². The van der Waals surface area contributed by atoms with Crippen LogP contribution in [0.3, 0.4) is 0 Å². The predicted octanol–water partition coefficient (Wildman–Crippen LogP) is 3.48. The van der Waals surface area contributed by atoms with E-state index in [1.165, 1.54) is 15.8 Å². The Morgan fingerprint density at radius 3 is 2.86 bits per heavy atom. The van der Waals surface area contributed by atoms with E-state index in [0.29, 0.717) is 11.8 Å². The van der Waals surface area contributed by atoms with Gasteiger partial charge in [-0.3, -0.25) is 0 Å². The number of hydrogen-bond acceptors (Lipinski definition) is 1. The molecular weight excluding hydrogens is 238 g/mol. The quantitative estimate of drug-likeness (QED) is 0.753. The van der Waals surface area contributed by atoms with Crippen LogP contribution in [0.4, 0.5) is 0 Å². The fourth-order valence-corrected chi connectivity index (χ4v) is 2.17. The third kappa shape index (κ3) is 1.71. The van der Waals surface area contributed by atoms with Gasteiger partial charge in [0.1, 0.15) is 0 Å². The monoisotopic (exact) mass is 251 g/mol. The van der Waals surface area contributed by atoms with Crippen LogP contribution in [0.25, 0.3) is 0 Å². The number of hydrogen-bond donors (Lipinski definition) is 1. The highest BCUT2D eigenvalue weighted by molar-refractivity contribution is 9.11. The van der Waals surface area contributed by atoms with Crippen LogP contribution in [0.2, 0.25) is 0 Å². The van der Waals surface area contributed by atoms with Crippen molar-refractivity contribution in [3.05, 3.63) is 46.3 Å². The Morgan fingerprint density at radius 2 is 2.14 bits per heavy atom. The van der Waals surface area contributed by atoms with Gasteiger partial charge in [-0.2, -0.15) is 0 Å². The topological polar surface area (TPSA) is 12.0 Å². The number of allylic oxidation sites excluding steroid dienone is 6. The van der Waals surface area contributed by atoms with Crippen LogP contribution in [0.5, 0.6) is 0 Å². The molecule has 14 heavy (non-hydrogen) atoms. The summed E-state index contributed by atoms with van der Waals surface area (Å²) in [6, 6.07) is 0. The van der Waals surface area contributed by atoms with Crippen molar-refractivity contribution in [2.75, 3.05) is 0 Å². The summed E-state index contributed by atoms with van der Waals surface area (Å²) in [5.41, 5.74) is 2.62. The number of halogens is 1. The lowest BCUT2D eigenvalue weighted by Gasteiger charge is -2.19. The van der Waals surface area contributed by atoms with Crippen LogP contribution >= 0.6 is 15.9 Å². The molecule has 1 aliphatic heterocycles. The van der Waals surface area contributed by atoms with Gasteiger partial charge in [-0.1, -0.05) is 48.0 Å². The van der Waals surface area contributed by atoms with Crippen LogP contribution < -0.4 is 5.32 Å². The normalized spacial score (nSPS) is 24.9. The third-order valence-corrected chi connectivity index (χ3v) is 3.36. The van der Waals surface area contributed by atoms with Gasteiger partial charge in [0.25, 0.3) is 0 Å². The van der Waals surface area contributed by atoms with E-state index in [9.17, 15) is 0 Å². The molecule has 1 aliphatic carbocycles. The predicted molar refractivity (Wildman–Crippen MR) is 63.8 cm³/mol. The minimum atomic E-state index is 0.402. The Hall–Kier alpha value is -0.760. The fourth-order valence-electron chi connectivity index (χ4n) is 1.75. The first-order chi connectivity index (χ1) is 6.68. The molecule has 0 amide bonds. The molecule has 1 nitrogen and oxygen atoms in total. The van der Waals surface area contributed by atoms with E-state index in [4.69, 9.17) is 0 Å². The van der Waals surface area contributed by atoms with Crippen LogP contribution in [0.1, 0.15) is 13.8 Å². The molecule has 74 valence electrons. The van der Waals surface area contributed by atoms with Crippen molar-refractivity contribution < 1.29 is 0 Å². The zero-order valence-electron chi connectivity index (χ0n) is 8.42.